The first kappa shape index (κ1) is 12.3. The zero-order chi connectivity index (χ0) is 12.3. The lowest BCUT2D eigenvalue weighted by atomic mass is 9.99. The molecule has 88 valence electrons. The maximum atomic E-state index is 6.20. The first-order chi connectivity index (χ1) is 8.16. The van der Waals surface area contributed by atoms with Gasteiger partial charge in [0.2, 0.25) is 0 Å². The van der Waals surface area contributed by atoms with E-state index in [9.17, 15) is 0 Å². The lowest BCUT2D eigenvalue weighted by Crippen LogP contribution is -2.13. The zero-order valence-corrected chi connectivity index (χ0v) is 11.3. The van der Waals surface area contributed by atoms with Gasteiger partial charge >= 0.3 is 0 Å². The molecule has 3 heteroatoms. The van der Waals surface area contributed by atoms with Crippen LogP contribution in [-0.4, -0.2) is 4.98 Å². The molecule has 0 fully saturated rings. The number of nitrogens with two attached hydrogens (primary N) is 1. The van der Waals surface area contributed by atoms with Crippen LogP contribution in [0.3, 0.4) is 0 Å². The number of aryl methyl sites for hydroxylation is 1. The van der Waals surface area contributed by atoms with Gasteiger partial charge in [-0.15, -0.1) is 0 Å². The van der Waals surface area contributed by atoms with Crippen molar-refractivity contribution in [3.63, 3.8) is 0 Å². The highest BCUT2D eigenvalue weighted by Gasteiger charge is 2.08. The molecule has 0 amide bonds. The van der Waals surface area contributed by atoms with Crippen LogP contribution in [0.4, 0.5) is 0 Å². The fraction of sp³-hybridized carbons (Fsp3) is 0.214. The van der Waals surface area contributed by atoms with Gasteiger partial charge in [-0.05, 0) is 42.2 Å². The van der Waals surface area contributed by atoms with Gasteiger partial charge in [0.15, 0.2) is 0 Å². The number of hydrogen-bond acceptors (Lipinski definition) is 2. The highest BCUT2D eigenvalue weighted by atomic mass is 79.9. The molecule has 0 aliphatic rings. The van der Waals surface area contributed by atoms with Crippen molar-refractivity contribution in [2.24, 2.45) is 5.73 Å². The Morgan fingerprint density at radius 2 is 2.18 bits per heavy atom. The van der Waals surface area contributed by atoms with Crippen LogP contribution in [0.5, 0.6) is 0 Å². The average Bonchev–Trinajstić information content (AvgIpc) is 2.34. The van der Waals surface area contributed by atoms with Crippen molar-refractivity contribution in [1.82, 2.24) is 4.98 Å². The summed E-state index contributed by atoms with van der Waals surface area (Å²) < 4.78 is 1.12. The lowest BCUT2D eigenvalue weighted by molar-refractivity contribution is 0.718. The van der Waals surface area contributed by atoms with E-state index in [1.807, 2.05) is 18.3 Å². The van der Waals surface area contributed by atoms with Gasteiger partial charge in [0, 0.05) is 22.9 Å². The monoisotopic (exact) mass is 290 g/mol. The Labute approximate surface area is 110 Å². The van der Waals surface area contributed by atoms with Gasteiger partial charge in [-0.1, -0.05) is 34.1 Å². The molecule has 0 saturated carbocycles. The maximum Gasteiger partial charge on any atom is 0.0336 e. The first-order valence-corrected chi connectivity index (χ1v) is 6.36. The van der Waals surface area contributed by atoms with Gasteiger partial charge < -0.3 is 5.73 Å². The minimum atomic E-state index is 0.0194. The minimum Gasteiger partial charge on any atom is -0.324 e. The topological polar surface area (TPSA) is 38.9 Å². The largest absolute Gasteiger partial charge is 0.324 e. The molecule has 0 spiro atoms. The first-order valence-electron chi connectivity index (χ1n) is 5.57. The molecule has 0 aliphatic heterocycles. The number of benzene rings is 1. The van der Waals surface area contributed by atoms with Crippen LogP contribution in [0.25, 0.3) is 0 Å². The third-order valence-corrected chi connectivity index (χ3v) is 3.68. The number of aromatic nitrogens is 1. The number of rotatable bonds is 3. The van der Waals surface area contributed by atoms with Crippen LogP contribution in [0, 0.1) is 6.92 Å². The molecule has 1 aromatic carbocycles. The summed E-state index contributed by atoms with van der Waals surface area (Å²) in [7, 11) is 0. The normalized spacial score (nSPS) is 12.4. The van der Waals surface area contributed by atoms with Gasteiger partial charge in [0.25, 0.3) is 0 Å². The van der Waals surface area contributed by atoms with Gasteiger partial charge in [-0.2, -0.15) is 0 Å². The van der Waals surface area contributed by atoms with Crippen LogP contribution in [-0.2, 0) is 6.42 Å². The van der Waals surface area contributed by atoms with E-state index in [4.69, 9.17) is 5.73 Å². The molecule has 1 unspecified atom stereocenters. The molecular formula is C14H15BrN2. The molecule has 17 heavy (non-hydrogen) atoms. The predicted molar refractivity (Wildman–Crippen MR) is 73.7 cm³/mol. The molecule has 0 bridgehead atoms. The fourth-order valence-corrected chi connectivity index (χ4v) is 2.04. The second-order valence-corrected chi connectivity index (χ2v) is 5.03. The molecule has 1 aromatic heterocycles. The molecule has 1 atom stereocenters. The number of hydrogen-bond donors (Lipinski definition) is 1. The molecule has 2 aromatic rings. The Balaban J connectivity index is 2.14. The highest BCUT2D eigenvalue weighted by Crippen LogP contribution is 2.22. The van der Waals surface area contributed by atoms with Crippen molar-refractivity contribution in [2.45, 2.75) is 19.4 Å². The summed E-state index contributed by atoms with van der Waals surface area (Å²) in [5, 5.41) is 0. The van der Waals surface area contributed by atoms with Crippen molar-refractivity contribution in [3.8, 4) is 0 Å². The van der Waals surface area contributed by atoms with E-state index in [0.29, 0.717) is 0 Å². The van der Waals surface area contributed by atoms with Crippen molar-refractivity contribution >= 4 is 15.9 Å². The van der Waals surface area contributed by atoms with Gasteiger partial charge in [0.1, 0.15) is 0 Å². The summed E-state index contributed by atoms with van der Waals surface area (Å²) in [6.07, 6.45) is 4.46. The van der Waals surface area contributed by atoms with E-state index < -0.39 is 0 Å². The second kappa shape index (κ2) is 5.43. The van der Waals surface area contributed by atoms with E-state index in [1.165, 1.54) is 11.1 Å². The third kappa shape index (κ3) is 3.14. The van der Waals surface area contributed by atoms with Crippen LogP contribution < -0.4 is 5.73 Å². The summed E-state index contributed by atoms with van der Waals surface area (Å²) in [5.74, 6) is 0. The number of pyridine rings is 1. The number of halogens is 1. The lowest BCUT2D eigenvalue weighted by Gasteiger charge is -2.13. The van der Waals surface area contributed by atoms with Crippen LogP contribution in [0.1, 0.15) is 22.7 Å². The molecular weight excluding hydrogens is 276 g/mol. The van der Waals surface area contributed by atoms with E-state index >= 15 is 0 Å². The Bertz CT molecular complexity index is 497. The molecule has 0 saturated heterocycles. The van der Waals surface area contributed by atoms with Crippen LogP contribution in [0.2, 0.25) is 0 Å². The summed E-state index contributed by atoms with van der Waals surface area (Å²) in [4.78, 5) is 4.10. The summed E-state index contributed by atoms with van der Waals surface area (Å²) in [5.41, 5.74) is 9.74. The van der Waals surface area contributed by atoms with Crippen LogP contribution >= 0.6 is 15.9 Å². The molecule has 2 nitrogen and oxygen atoms in total. The van der Waals surface area contributed by atoms with E-state index in [2.05, 4.69) is 46.0 Å². The Hall–Kier alpha value is -1.19. The summed E-state index contributed by atoms with van der Waals surface area (Å²) >= 11 is 3.49. The van der Waals surface area contributed by atoms with Crippen molar-refractivity contribution in [1.29, 1.82) is 0 Å². The summed E-state index contributed by atoms with van der Waals surface area (Å²) in [6.45, 7) is 2.07. The van der Waals surface area contributed by atoms with Crippen molar-refractivity contribution in [3.05, 3.63) is 63.9 Å². The fourth-order valence-electron chi connectivity index (χ4n) is 1.79. The Morgan fingerprint density at radius 3 is 2.82 bits per heavy atom. The quantitative estimate of drug-likeness (QED) is 0.941. The Morgan fingerprint density at radius 1 is 1.35 bits per heavy atom. The zero-order valence-electron chi connectivity index (χ0n) is 9.73. The van der Waals surface area contributed by atoms with Crippen molar-refractivity contribution < 1.29 is 0 Å². The van der Waals surface area contributed by atoms with Crippen molar-refractivity contribution in [2.75, 3.05) is 0 Å². The standard InChI is InChI=1S/C14H15BrN2/c1-10-7-12(4-5-13(10)15)14(16)8-11-3-2-6-17-9-11/h2-7,9,14H,8,16H2,1H3. The number of nitrogens with zero attached hydrogens (tertiary/aromatic N) is 1. The van der Waals surface area contributed by atoms with Gasteiger partial charge in [0.05, 0.1) is 0 Å². The molecule has 2 N–H and O–H groups in total. The van der Waals surface area contributed by atoms with Gasteiger partial charge in [-0.25, -0.2) is 0 Å². The minimum absolute atomic E-state index is 0.0194. The smallest absolute Gasteiger partial charge is 0.0336 e. The predicted octanol–water partition coefficient (Wildman–Crippen LogP) is 3.40. The van der Waals surface area contributed by atoms with Gasteiger partial charge in [-0.3, -0.25) is 4.98 Å². The van der Waals surface area contributed by atoms with E-state index in [-0.39, 0.29) is 6.04 Å². The molecule has 1 heterocycles. The Kier molecular flexibility index (Phi) is 3.92. The third-order valence-electron chi connectivity index (χ3n) is 2.79. The second-order valence-electron chi connectivity index (χ2n) is 4.18. The van der Waals surface area contributed by atoms with E-state index in [0.717, 1.165) is 16.5 Å². The average molecular weight is 291 g/mol. The van der Waals surface area contributed by atoms with E-state index in [1.54, 1.807) is 6.20 Å². The SMILES string of the molecule is Cc1cc(C(N)Cc2cccnc2)ccc1Br. The molecule has 0 radical (unpaired) electrons. The molecule has 2 rings (SSSR count). The van der Waals surface area contributed by atoms with Crippen LogP contribution in [0.15, 0.2) is 47.2 Å². The summed E-state index contributed by atoms with van der Waals surface area (Å²) in [6, 6.07) is 10.3. The maximum absolute atomic E-state index is 6.20. The highest BCUT2D eigenvalue weighted by molar-refractivity contribution is 9.10. The molecule has 0 aliphatic carbocycles.